The van der Waals surface area contributed by atoms with Gasteiger partial charge in [0, 0.05) is 11.6 Å². The molecule has 0 aliphatic carbocycles. The molecule has 0 heterocycles. The molecule has 0 aliphatic heterocycles. The molecule has 0 spiro atoms. The molecule has 1 aromatic rings. The molecular formula is C11H15N3O3. The summed E-state index contributed by atoms with van der Waals surface area (Å²) in [4.78, 5) is 21.9. The Morgan fingerprint density at radius 1 is 1.29 bits per heavy atom. The number of hydrogen-bond acceptors (Lipinski definition) is 4. The van der Waals surface area contributed by atoms with Crippen LogP contribution in [0, 0.1) is 10.1 Å². The number of nitro groups is 1. The van der Waals surface area contributed by atoms with Crippen molar-refractivity contribution in [2.24, 2.45) is 0 Å². The second-order valence-electron chi connectivity index (χ2n) is 4.60. The maximum Gasteiger partial charge on any atom is 0.282 e. The van der Waals surface area contributed by atoms with Crippen LogP contribution in [0.2, 0.25) is 0 Å². The maximum absolute atomic E-state index is 11.7. The van der Waals surface area contributed by atoms with Crippen molar-refractivity contribution in [2.45, 2.75) is 26.3 Å². The Labute approximate surface area is 99.1 Å². The van der Waals surface area contributed by atoms with E-state index in [1.807, 2.05) is 20.8 Å². The van der Waals surface area contributed by atoms with Gasteiger partial charge in [0.25, 0.3) is 11.6 Å². The summed E-state index contributed by atoms with van der Waals surface area (Å²) in [5, 5.41) is 10.7. The average Bonchev–Trinajstić information content (AvgIpc) is 2.25. The van der Waals surface area contributed by atoms with Gasteiger partial charge in [-0.2, -0.15) is 0 Å². The van der Waals surface area contributed by atoms with Crippen molar-refractivity contribution >= 4 is 11.6 Å². The summed E-state index contributed by atoms with van der Waals surface area (Å²) in [6.45, 7) is 5.60. The van der Waals surface area contributed by atoms with Crippen LogP contribution in [-0.2, 0) is 0 Å². The summed E-state index contributed by atoms with van der Waals surface area (Å²) in [7, 11) is 0. The SMILES string of the molecule is CC(C)(C)NNC(=O)c1ccccc1[N+](=O)[O-]. The van der Waals surface area contributed by atoms with Crippen LogP contribution in [0.1, 0.15) is 31.1 Å². The fraction of sp³-hybridized carbons (Fsp3) is 0.364. The molecule has 0 saturated heterocycles. The smallest absolute Gasteiger partial charge is 0.282 e. The molecule has 0 unspecified atom stereocenters. The van der Waals surface area contributed by atoms with E-state index in [9.17, 15) is 14.9 Å². The van der Waals surface area contributed by atoms with Gasteiger partial charge in [-0.25, -0.2) is 5.43 Å². The lowest BCUT2D eigenvalue weighted by Crippen LogP contribution is -2.48. The molecule has 92 valence electrons. The van der Waals surface area contributed by atoms with Gasteiger partial charge in [-0.1, -0.05) is 12.1 Å². The third kappa shape index (κ3) is 3.84. The lowest BCUT2D eigenvalue weighted by molar-refractivity contribution is -0.385. The average molecular weight is 237 g/mol. The summed E-state index contributed by atoms with van der Waals surface area (Å²) in [6, 6.07) is 5.81. The van der Waals surface area contributed by atoms with Crippen LogP contribution in [0.15, 0.2) is 24.3 Å². The molecule has 1 aromatic carbocycles. The number of nitrogens with one attached hydrogen (secondary N) is 2. The van der Waals surface area contributed by atoms with Gasteiger partial charge < -0.3 is 0 Å². The topological polar surface area (TPSA) is 84.3 Å². The van der Waals surface area contributed by atoms with Crippen molar-refractivity contribution in [3.63, 3.8) is 0 Å². The number of rotatable bonds is 3. The van der Waals surface area contributed by atoms with Crippen molar-refractivity contribution < 1.29 is 9.72 Å². The summed E-state index contributed by atoms with van der Waals surface area (Å²) in [5.74, 6) is -0.521. The maximum atomic E-state index is 11.7. The largest absolute Gasteiger partial charge is 0.287 e. The zero-order chi connectivity index (χ0) is 13.1. The predicted octanol–water partition coefficient (Wildman–Crippen LogP) is 1.63. The van der Waals surface area contributed by atoms with Crippen LogP contribution >= 0.6 is 0 Å². The van der Waals surface area contributed by atoms with E-state index in [0.29, 0.717) is 0 Å². The monoisotopic (exact) mass is 237 g/mol. The quantitative estimate of drug-likeness (QED) is 0.618. The molecule has 17 heavy (non-hydrogen) atoms. The number of para-hydroxylation sites is 1. The first kappa shape index (κ1) is 13.1. The number of carbonyl (C=O) groups excluding carboxylic acids is 1. The van der Waals surface area contributed by atoms with Gasteiger partial charge in [0.1, 0.15) is 5.56 Å². The number of hydrazine groups is 1. The van der Waals surface area contributed by atoms with Crippen LogP contribution in [0.5, 0.6) is 0 Å². The molecule has 0 fully saturated rings. The van der Waals surface area contributed by atoms with Gasteiger partial charge >= 0.3 is 0 Å². The number of benzene rings is 1. The molecule has 6 nitrogen and oxygen atoms in total. The van der Waals surface area contributed by atoms with Crippen LogP contribution in [0.25, 0.3) is 0 Å². The minimum absolute atomic E-state index is 0.0363. The van der Waals surface area contributed by atoms with Crippen molar-refractivity contribution in [3.05, 3.63) is 39.9 Å². The highest BCUT2D eigenvalue weighted by Crippen LogP contribution is 2.17. The standard InChI is InChI=1S/C11H15N3O3/c1-11(2,3)13-12-10(15)8-6-4-5-7-9(8)14(16)17/h4-7,13H,1-3H3,(H,12,15). The highest BCUT2D eigenvalue weighted by Gasteiger charge is 2.20. The summed E-state index contributed by atoms with van der Waals surface area (Å²) < 4.78 is 0. The highest BCUT2D eigenvalue weighted by molar-refractivity contribution is 5.97. The molecule has 0 aliphatic rings. The second kappa shape index (κ2) is 4.92. The van der Waals surface area contributed by atoms with E-state index in [-0.39, 0.29) is 16.8 Å². The Bertz CT molecular complexity index is 438. The normalized spacial score (nSPS) is 11.0. The zero-order valence-corrected chi connectivity index (χ0v) is 9.98. The summed E-state index contributed by atoms with van der Waals surface area (Å²) >= 11 is 0. The number of carbonyl (C=O) groups is 1. The fourth-order valence-electron chi connectivity index (χ4n) is 1.14. The van der Waals surface area contributed by atoms with E-state index in [2.05, 4.69) is 10.9 Å². The Hall–Kier alpha value is -1.95. The first-order chi connectivity index (χ1) is 7.81. The minimum atomic E-state index is -0.577. The number of nitrogens with zero attached hydrogens (tertiary/aromatic N) is 1. The van der Waals surface area contributed by atoms with Gasteiger partial charge in [0.05, 0.1) is 4.92 Å². The summed E-state index contributed by atoms with van der Waals surface area (Å²) in [5.41, 5.74) is 4.73. The molecule has 6 heteroatoms. The lowest BCUT2D eigenvalue weighted by Gasteiger charge is -2.20. The van der Waals surface area contributed by atoms with E-state index in [1.54, 1.807) is 6.07 Å². The Morgan fingerprint density at radius 3 is 2.41 bits per heavy atom. The third-order valence-corrected chi connectivity index (χ3v) is 1.90. The molecule has 0 radical (unpaired) electrons. The van der Waals surface area contributed by atoms with Crippen molar-refractivity contribution in [2.75, 3.05) is 0 Å². The fourth-order valence-corrected chi connectivity index (χ4v) is 1.14. The van der Waals surface area contributed by atoms with Gasteiger partial charge in [-0.05, 0) is 26.8 Å². The van der Waals surface area contributed by atoms with E-state index < -0.39 is 10.8 Å². The molecule has 0 atom stereocenters. The van der Waals surface area contributed by atoms with E-state index >= 15 is 0 Å². The van der Waals surface area contributed by atoms with Crippen LogP contribution < -0.4 is 10.9 Å². The van der Waals surface area contributed by atoms with E-state index in [4.69, 9.17) is 0 Å². The number of amides is 1. The van der Waals surface area contributed by atoms with Crippen molar-refractivity contribution in [1.82, 2.24) is 10.9 Å². The highest BCUT2D eigenvalue weighted by atomic mass is 16.6. The van der Waals surface area contributed by atoms with Gasteiger partial charge in [-0.3, -0.25) is 20.3 Å². The van der Waals surface area contributed by atoms with Crippen LogP contribution in [0.4, 0.5) is 5.69 Å². The number of hydrogen-bond donors (Lipinski definition) is 2. The minimum Gasteiger partial charge on any atom is -0.287 e. The van der Waals surface area contributed by atoms with Crippen LogP contribution in [-0.4, -0.2) is 16.4 Å². The molecule has 1 amide bonds. The molecule has 2 N–H and O–H groups in total. The molecular weight excluding hydrogens is 222 g/mol. The van der Waals surface area contributed by atoms with Gasteiger partial charge in [0.2, 0.25) is 0 Å². The van der Waals surface area contributed by atoms with Crippen molar-refractivity contribution in [1.29, 1.82) is 0 Å². The predicted molar refractivity (Wildman–Crippen MR) is 63.5 cm³/mol. The third-order valence-electron chi connectivity index (χ3n) is 1.90. The first-order valence-electron chi connectivity index (χ1n) is 5.12. The first-order valence-corrected chi connectivity index (χ1v) is 5.12. The second-order valence-corrected chi connectivity index (χ2v) is 4.60. The zero-order valence-electron chi connectivity index (χ0n) is 9.98. The lowest BCUT2D eigenvalue weighted by atomic mass is 10.1. The summed E-state index contributed by atoms with van der Waals surface area (Å²) in [6.07, 6.45) is 0. The molecule has 0 saturated carbocycles. The van der Waals surface area contributed by atoms with Crippen LogP contribution in [0.3, 0.4) is 0 Å². The van der Waals surface area contributed by atoms with E-state index in [0.717, 1.165) is 0 Å². The number of nitro benzene ring substituents is 1. The molecule has 1 rings (SSSR count). The van der Waals surface area contributed by atoms with Crippen molar-refractivity contribution in [3.8, 4) is 0 Å². The van der Waals surface area contributed by atoms with E-state index in [1.165, 1.54) is 18.2 Å². The molecule has 0 bridgehead atoms. The Kier molecular flexibility index (Phi) is 3.80. The van der Waals surface area contributed by atoms with Gasteiger partial charge in [-0.15, -0.1) is 0 Å². The Balaban J connectivity index is 2.86. The Morgan fingerprint density at radius 2 is 1.88 bits per heavy atom. The van der Waals surface area contributed by atoms with Gasteiger partial charge in [0.15, 0.2) is 0 Å². The molecule has 0 aromatic heterocycles.